The zero-order valence-electron chi connectivity index (χ0n) is 18.7. The van der Waals surface area contributed by atoms with E-state index in [0.29, 0.717) is 17.9 Å². The van der Waals surface area contributed by atoms with Crippen LogP contribution in [0.15, 0.2) is 58.8 Å². The number of aromatic hydroxyl groups is 1. The molecule has 2 aromatic carbocycles. The van der Waals surface area contributed by atoms with E-state index in [1.807, 2.05) is 47.9 Å². The van der Waals surface area contributed by atoms with Gasteiger partial charge in [0.2, 0.25) is 5.88 Å². The number of amides is 1. The van der Waals surface area contributed by atoms with Crippen molar-refractivity contribution >= 4 is 22.5 Å². The Balaban J connectivity index is 1.91. The topological polar surface area (TPSA) is 70.2 Å². The molecule has 0 bridgehead atoms. The maximum atomic E-state index is 12.4. The molecule has 1 amide bonds. The molecule has 3 aromatic rings. The van der Waals surface area contributed by atoms with Crippen LogP contribution < -0.4 is 0 Å². The number of carbonyl (C=O) groups excluding carboxylic acids is 1. The van der Waals surface area contributed by atoms with E-state index in [9.17, 15) is 9.90 Å². The lowest BCUT2D eigenvalue weighted by molar-refractivity contribution is 0.0995. The Morgan fingerprint density at radius 3 is 2.29 bits per heavy atom. The molecule has 0 saturated heterocycles. The molecule has 6 nitrogen and oxygen atoms in total. The van der Waals surface area contributed by atoms with Crippen LogP contribution in [0.1, 0.15) is 55.5 Å². The van der Waals surface area contributed by atoms with Gasteiger partial charge < -0.3 is 5.11 Å². The molecular formula is C25H32N4O2. The van der Waals surface area contributed by atoms with E-state index < -0.39 is 5.91 Å². The van der Waals surface area contributed by atoms with Gasteiger partial charge in [0, 0.05) is 10.9 Å². The predicted octanol–water partition coefficient (Wildman–Crippen LogP) is 6.44. The van der Waals surface area contributed by atoms with Gasteiger partial charge in [-0.05, 0) is 51.1 Å². The first-order valence-corrected chi connectivity index (χ1v) is 11.1. The number of benzene rings is 2. The molecule has 6 heteroatoms. The van der Waals surface area contributed by atoms with Gasteiger partial charge in [-0.1, -0.05) is 62.6 Å². The van der Waals surface area contributed by atoms with Gasteiger partial charge in [0.05, 0.1) is 12.2 Å². The minimum atomic E-state index is -0.427. The van der Waals surface area contributed by atoms with Crippen molar-refractivity contribution in [3.8, 4) is 5.88 Å². The second kappa shape index (κ2) is 10.9. The van der Waals surface area contributed by atoms with Crippen LogP contribution >= 0.6 is 0 Å². The third-order valence-electron chi connectivity index (χ3n) is 5.45. The number of para-hydroxylation sites is 1. The maximum Gasteiger partial charge on any atom is 0.295 e. The molecular weight excluding hydrogens is 388 g/mol. The summed E-state index contributed by atoms with van der Waals surface area (Å²) in [6.07, 6.45) is 4.48. The summed E-state index contributed by atoms with van der Waals surface area (Å²) in [5, 5.41) is 19.9. The number of fused-ring (bicyclic) bond motifs is 1. The molecule has 0 aliphatic rings. The molecule has 1 N–H and O–H groups in total. The molecule has 3 rings (SSSR count). The van der Waals surface area contributed by atoms with Gasteiger partial charge in [0.25, 0.3) is 5.91 Å². The standard InChI is InChI=1S/C25H32N4O2/c1-4-6-16-28(17-7-5-2)18-29-22-11-9-8-10-21(22)23(25(29)31)26-27-24(30)20-14-12-19(3)13-15-20/h8-15,31H,4-7,16-18H2,1-3H3. The fourth-order valence-corrected chi connectivity index (χ4v) is 3.58. The fraction of sp³-hybridized carbons (Fsp3) is 0.400. The van der Waals surface area contributed by atoms with Crippen LogP contribution in [0.4, 0.5) is 5.69 Å². The van der Waals surface area contributed by atoms with Crippen LogP contribution in [0.25, 0.3) is 10.9 Å². The van der Waals surface area contributed by atoms with Gasteiger partial charge in [-0.2, -0.15) is 0 Å². The van der Waals surface area contributed by atoms with Gasteiger partial charge in [-0.15, -0.1) is 10.2 Å². The van der Waals surface area contributed by atoms with Crippen LogP contribution in [0.3, 0.4) is 0 Å². The van der Waals surface area contributed by atoms with Gasteiger partial charge in [0.15, 0.2) is 5.69 Å². The number of aryl methyl sites for hydroxylation is 1. The van der Waals surface area contributed by atoms with Gasteiger partial charge >= 0.3 is 0 Å². The number of hydrogen-bond donors (Lipinski definition) is 1. The van der Waals surface area contributed by atoms with Crippen molar-refractivity contribution in [3.63, 3.8) is 0 Å². The molecule has 1 aromatic heterocycles. The summed E-state index contributed by atoms with van der Waals surface area (Å²) in [6.45, 7) is 8.87. The highest BCUT2D eigenvalue weighted by molar-refractivity contribution is 5.97. The maximum absolute atomic E-state index is 12.4. The summed E-state index contributed by atoms with van der Waals surface area (Å²) in [6, 6.07) is 14.9. The van der Waals surface area contributed by atoms with Crippen molar-refractivity contribution in [2.45, 2.75) is 53.1 Å². The van der Waals surface area contributed by atoms with Crippen molar-refractivity contribution in [2.75, 3.05) is 13.1 Å². The zero-order chi connectivity index (χ0) is 22.2. The summed E-state index contributed by atoms with van der Waals surface area (Å²) < 4.78 is 1.87. The number of hydrogen-bond acceptors (Lipinski definition) is 4. The van der Waals surface area contributed by atoms with Gasteiger partial charge in [-0.25, -0.2) is 0 Å². The third-order valence-corrected chi connectivity index (χ3v) is 5.45. The highest BCUT2D eigenvalue weighted by Crippen LogP contribution is 2.39. The first kappa shape index (κ1) is 22.7. The number of unbranched alkanes of at least 4 members (excludes halogenated alkanes) is 2. The van der Waals surface area contributed by atoms with Crippen LogP contribution in [-0.4, -0.2) is 33.6 Å². The molecule has 0 aliphatic heterocycles. The lowest BCUT2D eigenvalue weighted by atomic mass is 10.1. The van der Waals surface area contributed by atoms with Crippen molar-refractivity contribution in [1.82, 2.24) is 9.47 Å². The minimum absolute atomic E-state index is 0.0413. The van der Waals surface area contributed by atoms with Crippen molar-refractivity contribution in [3.05, 3.63) is 59.7 Å². The Kier molecular flexibility index (Phi) is 7.95. The summed E-state index contributed by atoms with van der Waals surface area (Å²) in [5.41, 5.74) is 2.77. The third kappa shape index (κ3) is 5.58. The van der Waals surface area contributed by atoms with E-state index in [0.717, 1.165) is 55.2 Å². The second-order valence-electron chi connectivity index (χ2n) is 7.96. The normalized spacial score (nSPS) is 11.7. The average Bonchev–Trinajstić information content (AvgIpc) is 3.05. The zero-order valence-corrected chi connectivity index (χ0v) is 18.7. The molecule has 0 atom stereocenters. The minimum Gasteiger partial charge on any atom is -0.493 e. The van der Waals surface area contributed by atoms with Gasteiger partial charge in [0.1, 0.15) is 0 Å². The summed E-state index contributed by atoms with van der Waals surface area (Å²) >= 11 is 0. The second-order valence-corrected chi connectivity index (χ2v) is 7.96. The largest absolute Gasteiger partial charge is 0.493 e. The summed E-state index contributed by atoms with van der Waals surface area (Å²) in [7, 11) is 0. The van der Waals surface area contributed by atoms with E-state index in [-0.39, 0.29) is 5.88 Å². The van der Waals surface area contributed by atoms with Crippen molar-refractivity contribution in [2.24, 2.45) is 10.2 Å². The van der Waals surface area contributed by atoms with Gasteiger partial charge in [-0.3, -0.25) is 14.3 Å². The molecule has 0 radical (unpaired) electrons. The van der Waals surface area contributed by atoms with E-state index in [2.05, 4.69) is 29.0 Å². The lowest BCUT2D eigenvalue weighted by Gasteiger charge is -2.23. The molecule has 164 valence electrons. The lowest BCUT2D eigenvalue weighted by Crippen LogP contribution is -2.28. The fourth-order valence-electron chi connectivity index (χ4n) is 3.58. The van der Waals surface area contributed by atoms with E-state index in [1.54, 1.807) is 12.1 Å². The van der Waals surface area contributed by atoms with E-state index >= 15 is 0 Å². The van der Waals surface area contributed by atoms with Crippen molar-refractivity contribution < 1.29 is 9.90 Å². The van der Waals surface area contributed by atoms with E-state index in [1.165, 1.54) is 0 Å². The molecule has 0 aliphatic carbocycles. The Bertz CT molecular complexity index is 1030. The average molecular weight is 421 g/mol. The van der Waals surface area contributed by atoms with Crippen LogP contribution in [0.2, 0.25) is 0 Å². The Morgan fingerprint density at radius 1 is 1.00 bits per heavy atom. The Hall–Kier alpha value is -2.99. The number of rotatable bonds is 10. The number of azo groups is 1. The first-order chi connectivity index (χ1) is 15.0. The van der Waals surface area contributed by atoms with Crippen LogP contribution in [0.5, 0.6) is 5.88 Å². The highest BCUT2D eigenvalue weighted by Gasteiger charge is 2.18. The van der Waals surface area contributed by atoms with E-state index in [4.69, 9.17) is 0 Å². The smallest absolute Gasteiger partial charge is 0.295 e. The Labute approximate surface area is 184 Å². The number of carbonyl (C=O) groups is 1. The summed E-state index contributed by atoms with van der Waals surface area (Å²) in [4.78, 5) is 14.8. The molecule has 0 spiro atoms. The summed E-state index contributed by atoms with van der Waals surface area (Å²) in [5.74, 6) is -0.386. The first-order valence-electron chi connectivity index (χ1n) is 11.1. The quantitative estimate of drug-likeness (QED) is 0.384. The molecule has 0 fully saturated rings. The molecule has 0 saturated carbocycles. The molecule has 1 heterocycles. The molecule has 0 unspecified atom stereocenters. The van der Waals surface area contributed by atoms with Crippen LogP contribution in [0, 0.1) is 6.92 Å². The number of aromatic nitrogens is 1. The molecule has 31 heavy (non-hydrogen) atoms. The SMILES string of the molecule is CCCCN(CCCC)Cn1c(O)c(N=NC(=O)c2ccc(C)cc2)c2ccccc21. The number of nitrogens with zero attached hydrogens (tertiary/aromatic N) is 4. The van der Waals surface area contributed by atoms with Crippen LogP contribution in [-0.2, 0) is 6.67 Å². The highest BCUT2D eigenvalue weighted by atomic mass is 16.3. The predicted molar refractivity (Wildman–Crippen MR) is 125 cm³/mol. The monoisotopic (exact) mass is 420 g/mol. The van der Waals surface area contributed by atoms with Crippen molar-refractivity contribution in [1.29, 1.82) is 0 Å². The Morgan fingerprint density at radius 2 is 1.65 bits per heavy atom.